The second kappa shape index (κ2) is 4.74. The lowest BCUT2D eigenvalue weighted by molar-refractivity contribution is -0.189. The molecule has 0 aromatic heterocycles. The second-order valence-electron chi connectivity index (χ2n) is 5.46. The number of carbonyl (C=O) groups is 2. The first-order valence-corrected chi connectivity index (χ1v) is 5.60. The number of hydrogen-bond donors (Lipinski definition) is 3. The SMILES string of the molecule is CC(C)(C)OC(=O)N[C@@H]1COC(=O)[C@H](O)[C@]1(C)O. The topological polar surface area (TPSA) is 105 Å². The molecule has 3 atom stereocenters. The van der Waals surface area contributed by atoms with Crippen LogP contribution in [0.1, 0.15) is 27.7 Å². The van der Waals surface area contributed by atoms with E-state index in [-0.39, 0.29) is 6.61 Å². The average Bonchev–Trinajstić information content (AvgIpc) is 2.17. The van der Waals surface area contributed by atoms with E-state index >= 15 is 0 Å². The molecule has 7 nitrogen and oxygen atoms in total. The molecule has 0 spiro atoms. The predicted octanol–water partition coefficient (Wildman–Crippen LogP) is -0.452. The number of hydrogen-bond acceptors (Lipinski definition) is 6. The number of nitrogens with one attached hydrogen (secondary N) is 1. The zero-order valence-corrected chi connectivity index (χ0v) is 10.9. The van der Waals surface area contributed by atoms with Crippen LogP contribution >= 0.6 is 0 Å². The van der Waals surface area contributed by atoms with Crippen LogP contribution in [0, 0.1) is 0 Å². The minimum absolute atomic E-state index is 0.220. The Morgan fingerprint density at radius 3 is 2.61 bits per heavy atom. The number of esters is 1. The molecule has 1 heterocycles. The van der Waals surface area contributed by atoms with E-state index in [0.29, 0.717) is 0 Å². The minimum Gasteiger partial charge on any atom is -0.461 e. The van der Waals surface area contributed by atoms with Gasteiger partial charge in [0, 0.05) is 0 Å². The van der Waals surface area contributed by atoms with Gasteiger partial charge in [0.2, 0.25) is 0 Å². The zero-order valence-electron chi connectivity index (χ0n) is 10.9. The molecule has 1 saturated heterocycles. The molecule has 0 aliphatic carbocycles. The fourth-order valence-corrected chi connectivity index (χ4v) is 1.48. The molecule has 1 rings (SSSR count). The van der Waals surface area contributed by atoms with Crippen molar-refractivity contribution < 1.29 is 29.3 Å². The Balaban J connectivity index is 2.67. The van der Waals surface area contributed by atoms with Crippen LogP contribution < -0.4 is 5.32 Å². The highest BCUT2D eigenvalue weighted by molar-refractivity contribution is 5.78. The average molecular weight is 261 g/mol. The van der Waals surface area contributed by atoms with Crippen molar-refractivity contribution in [3.05, 3.63) is 0 Å². The van der Waals surface area contributed by atoms with E-state index in [1.807, 2.05) is 0 Å². The summed E-state index contributed by atoms with van der Waals surface area (Å²) < 4.78 is 9.66. The number of alkyl carbamates (subject to hydrolysis) is 1. The molecule has 0 saturated carbocycles. The van der Waals surface area contributed by atoms with Crippen LogP contribution in [0.4, 0.5) is 4.79 Å². The number of amides is 1. The molecule has 18 heavy (non-hydrogen) atoms. The van der Waals surface area contributed by atoms with Crippen LogP contribution in [-0.4, -0.2) is 52.2 Å². The van der Waals surface area contributed by atoms with Gasteiger partial charge in [-0.2, -0.15) is 0 Å². The van der Waals surface area contributed by atoms with Crippen molar-refractivity contribution in [3.63, 3.8) is 0 Å². The van der Waals surface area contributed by atoms with Gasteiger partial charge in [-0.1, -0.05) is 0 Å². The van der Waals surface area contributed by atoms with Crippen molar-refractivity contribution in [2.75, 3.05) is 6.61 Å². The standard InChI is InChI=1S/C11H19NO6/c1-10(2,3)18-9(15)12-6-5-17-8(14)7(13)11(6,4)16/h6-7,13,16H,5H2,1-4H3,(H,12,15)/t6-,7+,11-/m1/s1. The molecule has 1 aliphatic heterocycles. The largest absolute Gasteiger partial charge is 0.461 e. The molecule has 1 aliphatic rings. The number of aliphatic hydroxyl groups excluding tert-OH is 1. The third-order valence-corrected chi connectivity index (χ3v) is 2.57. The van der Waals surface area contributed by atoms with E-state index in [1.54, 1.807) is 20.8 Å². The Kier molecular flexibility index (Phi) is 3.87. The summed E-state index contributed by atoms with van der Waals surface area (Å²) in [5.74, 6) is -0.915. The molecular formula is C11H19NO6. The minimum atomic E-state index is -1.80. The van der Waals surface area contributed by atoms with Crippen LogP contribution in [-0.2, 0) is 14.3 Å². The predicted molar refractivity (Wildman–Crippen MR) is 60.7 cm³/mol. The van der Waals surface area contributed by atoms with Gasteiger partial charge in [0.25, 0.3) is 0 Å². The van der Waals surface area contributed by atoms with Gasteiger partial charge in [-0.25, -0.2) is 9.59 Å². The monoisotopic (exact) mass is 261 g/mol. The molecule has 1 amide bonds. The van der Waals surface area contributed by atoms with Crippen molar-refractivity contribution in [2.24, 2.45) is 0 Å². The van der Waals surface area contributed by atoms with Gasteiger partial charge in [0.15, 0.2) is 6.10 Å². The lowest BCUT2D eigenvalue weighted by Gasteiger charge is -2.39. The maximum Gasteiger partial charge on any atom is 0.408 e. The van der Waals surface area contributed by atoms with Crippen molar-refractivity contribution in [1.82, 2.24) is 5.32 Å². The van der Waals surface area contributed by atoms with Crippen LogP contribution in [0.25, 0.3) is 0 Å². The van der Waals surface area contributed by atoms with Gasteiger partial charge in [-0.05, 0) is 27.7 Å². The zero-order chi connectivity index (χ0) is 14.1. The fourth-order valence-electron chi connectivity index (χ4n) is 1.48. The summed E-state index contributed by atoms with van der Waals surface area (Å²) in [6.45, 7) is 6.11. The number of cyclic esters (lactones) is 1. The smallest absolute Gasteiger partial charge is 0.408 e. The summed E-state index contributed by atoms with van der Waals surface area (Å²) in [6.07, 6.45) is -2.45. The van der Waals surface area contributed by atoms with Crippen LogP contribution in [0.2, 0.25) is 0 Å². The van der Waals surface area contributed by atoms with E-state index in [2.05, 4.69) is 10.1 Å². The molecule has 0 bridgehead atoms. The Morgan fingerprint density at radius 1 is 1.56 bits per heavy atom. The van der Waals surface area contributed by atoms with E-state index in [1.165, 1.54) is 6.92 Å². The number of rotatable bonds is 1. The van der Waals surface area contributed by atoms with Crippen molar-refractivity contribution in [1.29, 1.82) is 0 Å². The first kappa shape index (κ1) is 14.7. The maximum absolute atomic E-state index is 11.5. The summed E-state index contributed by atoms with van der Waals surface area (Å²) in [7, 11) is 0. The third kappa shape index (κ3) is 3.33. The quantitative estimate of drug-likeness (QED) is 0.552. The lowest BCUT2D eigenvalue weighted by Crippen LogP contribution is -2.65. The summed E-state index contributed by atoms with van der Waals surface area (Å²) in [5.41, 5.74) is -2.48. The van der Waals surface area contributed by atoms with Gasteiger partial charge in [-0.15, -0.1) is 0 Å². The molecule has 104 valence electrons. The first-order valence-electron chi connectivity index (χ1n) is 5.60. The lowest BCUT2D eigenvalue weighted by atomic mass is 9.88. The highest BCUT2D eigenvalue weighted by Crippen LogP contribution is 2.22. The molecule has 0 aromatic rings. The van der Waals surface area contributed by atoms with Crippen LogP contribution in [0.5, 0.6) is 0 Å². The van der Waals surface area contributed by atoms with Gasteiger partial charge in [-0.3, -0.25) is 0 Å². The summed E-state index contributed by atoms with van der Waals surface area (Å²) in [5, 5.41) is 21.9. The molecule has 3 N–H and O–H groups in total. The van der Waals surface area contributed by atoms with E-state index < -0.39 is 35.4 Å². The van der Waals surface area contributed by atoms with Crippen LogP contribution in [0.3, 0.4) is 0 Å². The van der Waals surface area contributed by atoms with E-state index in [4.69, 9.17) is 4.74 Å². The Morgan fingerprint density at radius 2 is 2.11 bits per heavy atom. The fraction of sp³-hybridized carbons (Fsp3) is 0.818. The molecule has 7 heteroatoms. The van der Waals surface area contributed by atoms with Gasteiger partial charge in [0.05, 0.1) is 6.04 Å². The summed E-state index contributed by atoms with van der Waals surface area (Å²) in [6, 6.07) is -0.931. The molecule has 0 radical (unpaired) electrons. The molecule has 0 aromatic carbocycles. The van der Waals surface area contributed by atoms with Crippen molar-refractivity contribution >= 4 is 12.1 Å². The number of carbonyl (C=O) groups excluding carboxylic acids is 2. The molecule has 0 unspecified atom stereocenters. The Bertz CT molecular complexity index is 346. The van der Waals surface area contributed by atoms with Crippen LogP contribution in [0.15, 0.2) is 0 Å². The Labute approximate surface area is 105 Å². The van der Waals surface area contributed by atoms with Gasteiger partial charge >= 0.3 is 12.1 Å². The Hall–Kier alpha value is -1.34. The number of aliphatic hydroxyl groups is 2. The van der Waals surface area contributed by atoms with E-state index in [0.717, 1.165) is 0 Å². The highest BCUT2D eigenvalue weighted by Gasteiger charge is 2.49. The summed E-state index contributed by atoms with van der Waals surface area (Å²) >= 11 is 0. The summed E-state index contributed by atoms with van der Waals surface area (Å²) in [4.78, 5) is 22.6. The second-order valence-corrected chi connectivity index (χ2v) is 5.46. The number of ether oxygens (including phenoxy) is 2. The van der Waals surface area contributed by atoms with Gasteiger partial charge in [0.1, 0.15) is 17.8 Å². The van der Waals surface area contributed by atoms with Crippen molar-refractivity contribution in [2.45, 2.75) is 51.0 Å². The molecule has 1 fully saturated rings. The maximum atomic E-state index is 11.5. The first-order chi connectivity index (χ1) is 8.04. The molecular weight excluding hydrogens is 242 g/mol. The van der Waals surface area contributed by atoms with E-state index in [9.17, 15) is 19.8 Å². The normalized spacial score (nSPS) is 32.7. The third-order valence-electron chi connectivity index (χ3n) is 2.57. The highest BCUT2D eigenvalue weighted by atomic mass is 16.6. The van der Waals surface area contributed by atoms with Crippen molar-refractivity contribution in [3.8, 4) is 0 Å². The van der Waals surface area contributed by atoms with Gasteiger partial charge < -0.3 is 25.0 Å².